The second-order valence-electron chi connectivity index (χ2n) is 18.3. The Morgan fingerprint density at radius 2 is 0.672 bits per heavy atom. The van der Waals surface area contributed by atoms with Crippen molar-refractivity contribution in [3.63, 3.8) is 0 Å². The normalized spacial score (nSPS) is 12.1. The van der Waals surface area contributed by atoms with E-state index in [0.717, 1.165) is 67.2 Å². The highest BCUT2D eigenvalue weighted by Gasteiger charge is 2.27. The summed E-state index contributed by atoms with van der Waals surface area (Å²) in [6.45, 7) is 22.6. The van der Waals surface area contributed by atoms with Crippen LogP contribution < -0.4 is 19.3 Å². The maximum absolute atomic E-state index is 6.01. The fraction of sp³-hybridized carbons (Fsp3) is 0.296. The van der Waals surface area contributed by atoms with E-state index < -0.39 is 0 Å². The summed E-state index contributed by atoms with van der Waals surface area (Å²) in [7, 11) is 3.50. The first-order valence-electron chi connectivity index (χ1n) is 20.7. The van der Waals surface area contributed by atoms with Gasteiger partial charge in [-0.15, -0.1) is 0 Å². The highest BCUT2D eigenvalue weighted by Crippen LogP contribution is 2.52. The molecule has 0 radical (unpaired) electrons. The molecule has 0 atom stereocenters. The molecule has 4 nitrogen and oxygen atoms in total. The third-order valence-corrected chi connectivity index (χ3v) is 11.5. The molecular weight excluding hydrogens is 709 g/mol. The fourth-order valence-corrected chi connectivity index (χ4v) is 7.93. The zero-order valence-electron chi connectivity index (χ0n) is 36.6. The van der Waals surface area contributed by atoms with E-state index in [-0.39, 0.29) is 10.8 Å². The molecule has 58 heavy (non-hydrogen) atoms. The Kier molecular flexibility index (Phi) is 11.1. The molecule has 0 N–H and O–H groups in total. The Morgan fingerprint density at radius 1 is 0.379 bits per heavy atom. The van der Waals surface area contributed by atoms with Crippen LogP contribution in [-0.2, 0) is 10.8 Å². The first-order valence-corrected chi connectivity index (χ1v) is 20.7. The van der Waals surface area contributed by atoms with Gasteiger partial charge in [0.15, 0.2) is 0 Å². The molecule has 7 aromatic carbocycles. The predicted molar refractivity (Wildman–Crippen MR) is 250 cm³/mol. The molecule has 0 aliphatic rings. The van der Waals surface area contributed by atoms with Gasteiger partial charge in [0.1, 0.15) is 11.5 Å². The minimum absolute atomic E-state index is 0.0230. The molecule has 0 bridgehead atoms. The molecule has 4 heteroatoms. The van der Waals surface area contributed by atoms with Gasteiger partial charge in [-0.1, -0.05) is 118 Å². The van der Waals surface area contributed by atoms with Gasteiger partial charge in [-0.05, 0) is 130 Å². The van der Waals surface area contributed by atoms with Crippen LogP contribution in [0.3, 0.4) is 0 Å². The van der Waals surface area contributed by atoms with E-state index in [1.165, 1.54) is 22.3 Å². The maximum Gasteiger partial charge on any atom is 0.119 e. The molecule has 0 unspecified atom stereocenters. The van der Waals surface area contributed by atoms with Crippen molar-refractivity contribution in [1.29, 1.82) is 0 Å². The van der Waals surface area contributed by atoms with Crippen molar-refractivity contribution in [2.45, 2.75) is 91.9 Å². The van der Waals surface area contributed by atoms with Gasteiger partial charge in [-0.2, -0.15) is 0 Å². The summed E-state index contributed by atoms with van der Waals surface area (Å²) in [6, 6.07) is 49.4. The van der Waals surface area contributed by atoms with Crippen molar-refractivity contribution in [1.82, 2.24) is 0 Å². The number of hydrogen-bond donors (Lipinski definition) is 0. The lowest BCUT2D eigenvalue weighted by Gasteiger charge is -2.33. The predicted octanol–water partition coefficient (Wildman–Crippen LogP) is 15.8. The second kappa shape index (κ2) is 15.9. The van der Waals surface area contributed by atoms with Crippen molar-refractivity contribution >= 4 is 55.7 Å². The van der Waals surface area contributed by atoms with E-state index in [1.807, 2.05) is 0 Å². The largest absolute Gasteiger partial charge is 0.497 e. The molecule has 0 aromatic heterocycles. The minimum atomic E-state index is 0.0230. The van der Waals surface area contributed by atoms with Crippen LogP contribution >= 0.6 is 0 Å². The van der Waals surface area contributed by atoms with Crippen LogP contribution in [-0.4, -0.2) is 14.2 Å². The van der Waals surface area contributed by atoms with Crippen molar-refractivity contribution in [3.8, 4) is 11.5 Å². The minimum Gasteiger partial charge on any atom is -0.497 e. The van der Waals surface area contributed by atoms with Gasteiger partial charge >= 0.3 is 0 Å². The molecule has 0 aliphatic heterocycles. The molecule has 0 saturated carbocycles. The number of nitrogens with zero attached hydrogens (tertiary/aromatic N) is 2. The van der Waals surface area contributed by atoms with E-state index >= 15 is 0 Å². The second-order valence-corrected chi connectivity index (χ2v) is 18.3. The molecule has 0 heterocycles. The third-order valence-electron chi connectivity index (χ3n) is 11.5. The molecule has 0 saturated heterocycles. The van der Waals surface area contributed by atoms with Gasteiger partial charge in [-0.25, -0.2) is 0 Å². The monoisotopic (exact) mass is 768 g/mol. The Balaban J connectivity index is 1.62. The van der Waals surface area contributed by atoms with E-state index in [9.17, 15) is 0 Å². The van der Waals surface area contributed by atoms with Crippen molar-refractivity contribution < 1.29 is 9.47 Å². The van der Waals surface area contributed by atoms with Crippen molar-refractivity contribution in [2.24, 2.45) is 0 Å². The Bertz CT molecular complexity index is 2340. The van der Waals surface area contributed by atoms with Crippen LogP contribution in [0.1, 0.15) is 103 Å². The Hall–Kier alpha value is -5.74. The number of ether oxygens (including phenoxy) is 2. The van der Waals surface area contributed by atoms with E-state index in [0.29, 0.717) is 11.8 Å². The highest BCUT2D eigenvalue weighted by atomic mass is 16.5. The molecule has 0 aliphatic carbocycles. The summed E-state index contributed by atoms with van der Waals surface area (Å²) in [5.41, 5.74) is 11.7. The zero-order valence-corrected chi connectivity index (χ0v) is 36.6. The third kappa shape index (κ3) is 7.90. The average molecular weight is 769 g/mol. The molecule has 0 fully saturated rings. The summed E-state index contributed by atoms with van der Waals surface area (Å²) in [4.78, 5) is 4.85. The Morgan fingerprint density at radius 3 is 0.931 bits per heavy atom. The summed E-state index contributed by atoms with van der Waals surface area (Å²) in [6.07, 6.45) is 0. The van der Waals surface area contributed by atoms with Crippen LogP contribution in [0.25, 0.3) is 21.5 Å². The van der Waals surface area contributed by atoms with Gasteiger partial charge in [0.2, 0.25) is 0 Å². The van der Waals surface area contributed by atoms with Crippen LogP contribution in [0.5, 0.6) is 11.5 Å². The Labute approximate surface area is 347 Å². The maximum atomic E-state index is 6.01. The quantitative estimate of drug-likeness (QED) is 0.102. The number of anilines is 6. The molecule has 0 spiro atoms. The van der Waals surface area contributed by atoms with Gasteiger partial charge in [0, 0.05) is 44.3 Å². The standard InChI is InChI=1S/C54H60N2O2/c1-35(2)37-13-21-41(22-14-37)55(43-25-17-39(18-26-43)53(5,6)7)51-47-31-29-46(58-12)34-50(47)52(48-32-30-45(57-11)33-49(48)51)56(42-23-15-38(16-24-42)36(3)4)44-27-19-40(20-28-44)54(8,9)10/h13-36H,1-12H3. The fourth-order valence-electron chi connectivity index (χ4n) is 7.93. The number of benzene rings is 7. The van der Waals surface area contributed by atoms with Gasteiger partial charge in [0.25, 0.3) is 0 Å². The van der Waals surface area contributed by atoms with E-state index in [4.69, 9.17) is 9.47 Å². The summed E-state index contributed by atoms with van der Waals surface area (Å²) in [5, 5.41) is 4.35. The molecule has 0 amide bonds. The summed E-state index contributed by atoms with van der Waals surface area (Å²) < 4.78 is 12.0. The van der Waals surface area contributed by atoms with Crippen LogP contribution in [0.15, 0.2) is 133 Å². The smallest absolute Gasteiger partial charge is 0.119 e. The SMILES string of the molecule is COc1ccc2c(N(c3ccc(C(C)C)cc3)c3ccc(C(C)(C)C)cc3)c3cc(OC)ccc3c(N(c3ccc(C(C)C)cc3)c3ccc(C(C)(C)C)cc3)c2c1. The van der Waals surface area contributed by atoms with Gasteiger partial charge < -0.3 is 19.3 Å². The molecular formula is C54H60N2O2. The topological polar surface area (TPSA) is 24.9 Å². The lowest BCUT2D eigenvalue weighted by atomic mass is 9.87. The number of rotatable bonds is 10. The highest BCUT2D eigenvalue weighted by molar-refractivity contribution is 6.23. The van der Waals surface area contributed by atoms with E-state index in [2.05, 4.69) is 212 Å². The number of hydrogen-bond acceptors (Lipinski definition) is 4. The molecule has 7 aromatic rings. The summed E-state index contributed by atoms with van der Waals surface area (Å²) >= 11 is 0. The van der Waals surface area contributed by atoms with Crippen molar-refractivity contribution in [3.05, 3.63) is 156 Å². The van der Waals surface area contributed by atoms with Crippen LogP contribution in [0.2, 0.25) is 0 Å². The van der Waals surface area contributed by atoms with E-state index in [1.54, 1.807) is 14.2 Å². The number of fused-ring (bicyclic) bond motifs is 2. The van der Waals surface area contributed by atoms with Crippen LogP contribution in [0.4, 0.5) is 34.1 Å². The average Bonchev–Trinajstić information content (AvgIpc) is 3.21. The van der Waals surface area contributed by atoms with Gasteiger partial charge in [0.05, 0.1) is 25.6 Å². The number of methoxy groups -OCH3 is 2. The van der Waals surface area contributed by atoms with Crippen molar-refractivity contribution in [2.75, 3.05) is 24.0 Å². The summed E-state index contributed by atoms with van der Waals surface area (Å²) in [5.74, 6) is 2.44. The first-order chi connectivity index (χ1) is 27.6. The van der Waals surface area contributed by atoms with Gasteiger partial charge in [-0.3, -0.25) is 0 Å². The first kappa shape index (κ1) is 40.5. The molecule has 298 valence electrons. The molecule has 7 rings (SSSR count). The van der Waals surface area contributed by atoms with Crippen LogP contribution in [0, 0.1) is 0 Å². The lowest BCUT2D eigenvalue weighted by molar-refractivity contribution is 0.415. The zero-order chi connectivity index (χ0) is 41.5. The lowest BCUT2D eigenvalue weighted by Crippen LogP contribution is -2.16.